The second kappa shape index (κ2) is 5.85. The van der Waals surface area contributed by atoms with Crippen LogP contribution in [0.4, 0.5) is 11.4 Å². The fraction of sp³-hybridized carbons (Fsp3) is 0.571. The van der Waals surface area contributed by atoms with Crippen LogP contribution < -0.4 is 5.32 Å². The van der Waals surface area contributed by atoms with Gasteiger partial charge in [-0.1, -0.05) is 31.7 Å². The third-order valence-electron chi connectivity index (χ3n) is 3.65. The van der Waals surface area contributed by atoms with Crippen molar-refractivity contribution in [3.8, 4) is 0 Å². The maximum absolute atomic E-state index is 10.8. The normalized spacial score (nSPS) is 17.2. The highest BCUT2D eigenvalue weighted by atomic mass is 16.6. The molecule has 1 fully saturated rings. The molecule has 1 N–H and O–H groups in total. The zero-order valence-corrected chi connectivity index (χ0v) is 10.8. The molecule has 4 heteroatoms. The number of hydrogen-bond donors (Lipinski definition) is 1. The van der Waals surface area contributed by atoms with Crippen LogP contribution in [0.5, 0.6) is 0 Å². The number of aryl methyl sites for hydroxylation is 1. The van der Waals surface area contributed by atoms with E-state index in [1.54, 1.807) is 12.1 Å². The Morgan fingerprint density at radius 2 is 1.89 bits per heavy atom. The summed E-state index contributed by atoms with van der Waals surface area (Å²) in [6, 6.07) is 5.50. The Kier molecular flexibility index (Phi) is 4.18. The monoisotopic (exact) mass is 248 g/mol. The standard InChI is InChI=1S/C14H20N2O2/c1-11-8-9-13(16(17)18)10-14(11)15-12-6-4-2-3-5-7-12/h8-10,12,15H,2-7H2,1H3. The van der Waals surface area contributed by atoms with Crippen LogP contribution in [0, 0.1) is 17.0 Å². The molecule has 1 saturated carbocycles. The van der Waals surface area contributed by atoms with Crippen molar-refractivity contribution in [1.29, 1.82) is 0 Å². The molecule has 0 amide bonds. The first-order valence-corrected chi connectivity index (χ1v) is 6.68. The van der Waals surface area contributed by atoms with Gasteiger partial charge in [-0.3, -0.25) is 10.1 Å². The Hall–Kier alpha value is -1.58. The summed E-state index contributed by atoms with van der Waals surface area (Å²) in [5, 5.41) is 14.3. The quantitative estimate of drug-likeness (QED) is 0.499. The molecule has 0 atom stereocenters. The number of nitrogens with one attached hydrogen (secondary N) is 1. The molecule has 98 valence electrons. The molecule has 4 nitrogen and oxygen atoms in total. The summed E-state index contributed by atoms with van der Waals surface area (Å²) in [7, 11) is 0. The first-order chi connectivity index (χ1) is 8.66. The Morgan fingerprint density at radius 3 is 2.50 bits per heavy atom. The van der Waals surface area contributed by atoms with Crippen LogP contribution in [0.25, 0.3) is 0 Å². The summed E-state index contributed by atoms with van der Waals surface area (Å²) in [5.74, 6) is 0. The number of hydrogen-bond acceptors (Lipinski definition) is 3. The van der Waals surface area contributed by atoms with Gasteiger partial charge in [-0.15, -0.1) is 0 Å². The van der Waals surface area contributed by atoms with Crippen molar-refractivity contribution in [2.45, 2.75) is 51.5 Å². The van der Waals surface area contributed by atoms with Crippen molar-refractivity contribution in [3.63, 3.8) is 0 Å². The van der Waals surface area contributed by atoms with Crippen molar-refractivity contribution < 1.29 is 4.92 Å². The predicted octanol–water partition coefficient (Wildman–Crippen LogP) is 4.04. The molecule has 1 aliphatic carbocycles. The lowest BCUT2D eigenvalue weighted by Crippen LogP contribution is -2.18. The van der Waals surface area contributed by atoms with Crippen LogP contribution in [0.2, 0.25) is 0 Å². The van der Waals surface area contributed by atoms with Gasteiger partial charge >= 0.3 is 0 Å². The second-order valence-corrected chi connectivity index (χ2v) is 5.09. The molecule has 1 aromatic carbocycles. The topological polar surface area (TPSA) is 55.2 Å². The van der Waals surface area contributed by atoms with Crippen LogP contribution in [0.3, 0.4) is 0 Å². The third-order valence-corrected chi connectivity index (χ3v) is 3.65. The minimum atomic E-state index is -0.336. The lowest BCUT2D eigenvalue weighted by Gasteiger charge is -2.19. The van der Waals surface area contributed by atoms with Crippen molar-refractivity contribution in [3.05, 3.63) is 33.9 Å². The van der Waals surface area contributed by atoms with Crippen LogP contribution in [-0.4, -0.2) is 11.0 Å². The molecule has 0 spiro atoms. The van der Waals surface area contributed by atoms with Gasteiger partial charge in [0.15, 0.2) is 0 Å². The molecular formula is C14H20N2O2. The van der Waals surface area contributed by atoms with E-state index in [9.17, 15) is 10.1 Å². The number of non-ortho nitro benzene ring substituents is 1. The first kappa shape index (κ1) is 12.9. The summed E-state index contributed by atoms with van der Waals surface area (Å²) in [6.45, 7) is 1.99. The highest BCUT2D eigenvalue weighted by molar-refractivity contribution is 5.57. The van der Waals surface area contributed by atoms with Gasteiger partial charge in [0.2, 0.25) is 0 Å². The number of benzene rings is 1. The van der Waals surface area contributed by atoms with Gasteiger partial charge in [-0.05, 0) is 25.3 Å². The maximum atomic E-state index is 10.8. The van der Waals surface area contributed by atoms with E-state index >= 15 is 0 Å². The summed E-state index contributed by atoms with van der Waals surface area (Å²) < 4.78 is 0. The van der Waals surface area contributed by atoms with Gasteiger partial charge in [-0.2, -0.15) is 0 Å². The van der Waals surface area contributed by atoms with Gasteiger partial charge < -0.3 is 5.32 Å². The van der Waals surface area contributed by atoms with E-state index in [1.807, 2.05) is 13.0 Å². The average molecular weight is 248 g/mol. The number of nitrogens with zero attached hydrogens (tertiary/aromatic N) is 1. The largest absolute Gasteiger partial charge is 0.382 e. The molecule has 0 saturated heterocycles. The van der Waals surface area contributed by atoms with Crippen LogP contribution in [0.1, 0.15) is 44.1 Å². The molecule has 0 aliphatic heterocycles. The smallest absolute Gasteiger partial charge is 0.271 e. The third kappa shape index (κ3) is 3.22. The van der Waals surface area contributed by atoms with Gasteiger partial charge in [0, 0.05) is 23.9 Å². The summed E-state index contributed by atoms with van der Waals surface area (Å²) in [4.78, 5) is 10.5. The van der Waals surface area contributed by atoms with Crippen LogP contribution >= 0.6 is 0 Å². The predicted molar refractivity (Wildman–Crippen MR) is 72.9 cm³/mol. The molecule has 1 aromatic rings. The van der Waals surface area contributed by atoms with Crippen molar-refractivity contribution >= 4 is 11.4 Å². The fourth-order valence-corrected chi connectivity index (χ4v) is 2.52. The zero-order valence-electron chi connectivity index (χ0n) is 10.8. The SMILES string of the molecule is Cc1ccc([N+](=O)[O-])cc1NC1CCCCCC1. The zero-order chi connectivity index (χ0) is 13.0. The molecule has 18 heavy (non-hydrogen) atoms. The summed E-state index contributed by atoms with van der Waals surface area (Å²) >= 11 is 0. The molecule has 2 rings (SSSR count). The van der Waals surface area contributed by atoms with Crippen molar-refractivity contribution in [2.75, 3.05) is 5.32 Å². The molecular weight excluding hydrogens is 228 g/mol. The Balaban J connectivity index is 2.11. The van der Waals surface area contributed by atoms with Crippen LogP contribution in [0.15, 0.2) is 18.2 Å². The van der Waals surface area contributed by atoms with Gasteiger partial charge in [0.25, 0.3) is 5.69 Å². The number of anilines is 1. The van der Waals surface area contributed by atoms with Gasteiger partial charge in [0.05, 0.1) is 4.92 Å². The average Bonchev–Trinajstić information content (AvgIpc) is 2.60. The van der Waals surface area contributed by atoms with E-state index in [0.717, 1.165) is 11.3 Å². The maximum Gasteiger partial charge on any atom is 0.271 e. The van der Waals surface area contributed by atoms with E-state index in [-0.39, 0.29) is 10.6 Å². The molecule has 0 heterocycles. The van der Waals surface area contributed by atoms with Crippen LogP contribution in [-0.2, 0) is 0 Å². The Bertz CT molecular complexity index is 424. The van der Waals surface area contributed by atoms with E-state index in [4.69, 9.17) is 0 Å². The molecule has 0 aromatic heterocycles. The minimum Gasteiger partial charge on any atom is -0.382 e. The highest BCUT2D eigenvalue weighted by Gasteiger charge is 2.14. The van der Waals surface area contributed by atoms with Gasteiger partial charge in [-0.25, -0.2) is 0 Å². The number of nitro benzene ring substituents is 1. The number of nitro groups is 1. The molecule has 0 bridgehead atoms. The number of rotatable bonds is 3. The van der Waals surface area contributed by atoms with E-state index in [2.05, 4.69) is 5.32 Å². The summed E-state index contributed by atoms with van der Waals surface area (Å²) in [6.07, 6.45) is 7.47. The molecule has 1 aliphatic rings. The minimum absolute atomic E-state index is 0.164. The van der Waals surface area contributed by atoms with E-state index < -0.39 is 0 Å². The Morgan fingerprint density at radius 1 is 1.22 bits per heavy atom. The van der Waals surface area contributed by atoms with Gasteiger partial charge in [0.1, 0.15) is 0 Å². The second-order valence-electron chi connectivity index (χ2n) is 5.09. The van der Waals surface area contributed by atoms with Crippen molar-refractivity contribution in [2.24, 2.45) is 0 Å². The molecule has 0 unspecified atom stereocenters. The van der Waals surface area contributed by atoms with Crippen molar-refractivity contribution in [1.82, 2.24) is 0 Å². The van der Waals surface area contributed by atoms with E-state index in [1.165, 1.54) is 38.5 Å². The fourth-order valence-electron chi connectivity index (χ4n) is 2.52. The van der Waals surface area contributed by atoms with E-state index in [0.29, 0.717) is 6.04 Å². The lowest BCUT2D eigenvalue weighted by atomic mass is 10.1. The lowest BCUT2D eigenvalue weighted by molar-refractivity contribution is -0.384. The summed E-state index contributed by atoms with van der Waals surface area (Å²) in [5.41, 5.74) is 2.15. The highest BCUT2D eigenvalue weighted by Crippen LogP contribution is 2.26. The first-order valence-electron chi connectivity index (χ1n) is 6.68. The Labute approximate surface area is 108 Å². The molecule has 0 radical (unpaired) electrons.